The van der Waals surface area contributed by atoms with Crippen LogP contribution in [0.4, 0.5) is 26.5 Å². The van der Waals surface area contributed by atoms with Crippen LogP contribution in [-0.4, -0.2) is 44.4 Å². The molecule has 2 amide bonds. The number of hydrogen-bond donors (Lipinski definition) is 4. The number of ether oxygens (including phenoxy) is 1. The number of alkyl carbamates (subject to hydrolysis) is 1. The van der Waals surface area contributed by atoms with Gasteiger partial charge in [-0.1, -0.05) is 6.92 Å². The van der Waals surface area contributed by atoms with E-state index in [9.17, 15) is 9.59 Å². The first-order valence-electron chi connectivity index (χ1n) is 13.0. The number of pyridine rings is 1. The fraction of sp³-hybridized carbons (Fsp3) is 0.481. The summed E-state index contributed by atoms with van der Waals surface area (Å²) in [6, 6.07) is 6.12. The third-order valence-electron chi connectivity index (χ3n) is 6.45. The van der Waals surface area contributed by atoms with E-state index in [1.165, 1.54) is 0 Å². The Bertz CT molecular complexity index is 1330. The van der Waals surface area contributed by atoms with Crippen molar-refractivity contribution in [2.45, 2.75) is 78.1 Å². The molecule has 38 heavy (non-hydrogen) atoms. The zero-order valence-electron chi connectivity index (χ0n) is 22.5. The third-order valence-corrected chi connectivity index (χ3v) is 6.45. The molecule has 10 nitrogen and oxygen atoms in total. The summed E-state index contributed by atoms with van der Waals surface area (Å²) in [7, 11) is 0. The lowest BCUT2D eigenvalue weighted by Gasteiger charge is -2.30. The summed E-state index contributed by atoms with van der Waals surface area (Å²) >= 11 is 0. The third kappa shape index (κ3) is 6.32. The number of aryl methyl sites for hydroxylation is 1. The van der Waals surface area contributed by atoms with Crippen LogP contribution in [0, 0.1) is 11.7 Å². The van der Waals surface area contributed by atoms with Crippen molar-refractivity contribution in [3.8, 4) is 0 Å². The Morgan fingerprint density at radius 3 is 2.55 bits per heavy atom. The number of nitrogens with zero attached hydrogens (tertiary/aromatic N) is 3. The van der Waals surface area contributed by atoms with Gasteiger partial charge in [-0.3, -0.25) is 9.48 Å². The Hall–Kier alpha value is -3.89. The molecule has 2 heterocycles. The summed E-state index contributed by atoms with van der Waals surface area (Å²) in [5.41, 5.74) is 6.47. The molecular formula is C27H36FN7O3. The maximum Gasteiger partial charge on any atom is 0.407 e. The first-order chi connectivity index (χ1) is 18.0. The van der Waals surface area contributed by atoms with Gasteiger partial charge < -0.3 is 26.4 Å². The monoisotopic (exact) mass is 525 g/mol. The second-order valence-corrected chi connectivity index (χ2v) is 10.6. The number of hydrogen-bond acceptors (Lipinski definition) is 7. The zero-order chi connectivity index (χ0) is 27.6. The van der Waals surface area contributed by atoms with Gasteiger partial charge in [-0.25, -0.2) is 14.2 Å². The largest absolute Gasteiger partial charge is 0.444 e. The number of nitrogens with two attached hydrogens (primary N) is 1. The lowest BCUT2D eigenvalue weighted by Crippen LogP contribution is -2.49. The zero-order valence-corrected chi connectivity index (χ0v) is 22.5. The number of carbonyl (C=O) groups is 2. The summed E-state index contributed by atoms with van der Waals surface area (Å²) in [4.78, 5) is 29.0. The molecule has 2 atom stereocenters. The molecule has 1 aromatic carbocycles. The summed E-state index contributed by atoms with van der Waals surface area (Å²) in [6.07, 6.45) is 3.72. The van der Waals surface area contributed by atoms with Crippen molar-refractivity contribution < 1.29 is 18.7 Å². The highest BCUT2D eigenvalue weighted by molar-refractivity contribution is 5.99. The van der Waals surface area contributed by atoms with Gasteiger partial charge in [0.1, 0.15) is 11.4 Å². The normalized spacial score (nSPS) is 15.1. The molecule has 0 bridgehead atoms. The van der Waals surface area contributed by atoms with Crippen molar-refractivity contribution in [2.24, 2.45) is 11.7 Å². The number of nitrogens with one attached hydrogen (secondary N) is 3. The predicted octanol–water partition coefficient (Wildman–Crippen LogP) is 4.93. The van der Waals surface area contributed by atoms with Crippen LogP contribution in [0.5, 0.6) is 0 Å². The highest BCUT2D eigenvalue weighted by Crippen LogP contribution is 2.37. The Kier molecular flexibility index (Phi) is 7.75. The van der Waals surface area contributed by atoms with E-state index < -0.39 is 23.4 Å². The van der Waals surface area contributed by atoms with Crippen LogP contribution in [0.3, 0.4) is 0 Å². The summed E-state index contributed by atoms with van der Waals surface area (Å²) in [6.45, 7) is 10.1. The standard InChI is InChI=1S/C27H36FN7O3/c1-6-20(32-26(37)38-27(3,4)5)22(15-8-9-15)33-25-19(28)13-18(23(29)36)24(34-25)31-17-10-11-21-16(12-17)14-30-35(21)7-2/h10-15,20,22H,6-9H2,1-5H3,(H2,29,36)(H,32,37)(H2,31,33,34)/t20-,22+/m0/s1. The summed E-state index contributed by atoms with van der Waals surface area (Å²) < 4.78 is 22.5. The second-order valence-electron chi connectivity index (χ2n) is 10.6. The number of halogens is 1. The molecule has 204 valence electrons. The highest BCUT2D eigenvalue weighted by Gasteiger charge is 2.38. The van der Waals surface area contributed by atoms with Gasteiger partial charge in [0.15, 0.2) is 11.6 Å². The van der Waals surface area contributed by atoms with E-state index in [0.717, 1.165) is 36.4 Å². The Labute approximate surface area is 221 Å². The number of primary amides is 1. The van der Waals surface area contributed by atoms with Crippen LogP contribution in [0.1, 0.15) is 64.2 Å². The van der Waals surface area contributed by atoms with Crippen molar-refractivity contribution in [1.29, 1.82) is 0 Å². The van der Waals surface area contributed by atoms with E-state index in [2.05, 4.69) is 26.0 Å². The van der Waals surface area contributed by atoms with Crippen molar-refractivity contribution in [1.82, 2.24) is 20.1 Å². The molecule has 11 heteroatoms. The van der Waals surface area contributed by atoms with Crippen LogP contribution in [0.2, 0.25) is 0 Å². The molecule has 1 saturated carbocycles. The molecular weight excluding hydrogens is 489 g/mol. The Morgan fingerprint density at radius 1 is 1.21 bits per heavy atom. The molecule has 0 unspecified atom stereocenters. The van der Waals surface area contributed by atoms with Gasteiger partial charge in [-0.05, 0) is 77.1 Å². The fourth-order valence-corrected chi connectivity index (χ4v) is 4.49. The molecule has 2 aromatic heterocycles. The second kappa shape index (κ2) is 10.8. The van der Waals surface area contributed by atoms with E-state index >= 15 is 4.39 Å². The SMILES string of the molecule is CC[C@H](NC(=O)OC(C)(C)C)[C@H](Nc1nc(Nc2ccc3c(cnn3CC)c2)c(C(N)=O)cc1F)C1CC1. The molecule has 1 fully saturated rings. The van der Waals surface area contributed by atoms with Gasteiger partial charge in [-0.2, -0.15) is 5.10 Å². The first-order valence-corrected chi connectivity index (χ1v) is 13.0. The van der Waals surface area contributed by atoms with Crippen molar-refractivity contribution in [2.75, 3.05) is 10.6 Å². The van der Waals surface area contributed by atoms with Gasteiger partial charge >= 0.3 is 6.09 Å². The minimum Gasteiger partial charge on any atom is -0.444 e. The molecule has 5 N–H and O–H groups in total. The lowest BCUT2D eigenvalue weighted by atomic mass is 10.0. The number of benzene rings is 1. The van der Waals surface area contributed by atoms with Crippen LogP contribution in [-0.2, 0) is 11.3 Å². The topological polar surface area (TPSA) is 136 Å². The first kappa shape index (κ1) is 27.2. The number of fused-ring (bicyclic) bond motifs is 1. The van der Waals surface area contributed by atoms with Crippen LogP contribution in [0.15, 0.2) is 30.5 Å². The van der Waals surface area contributed by atoms with Crippen molar-refractivity contribution in [3.63, 3.8) is 0 Å². The summed E-state index contributed by atoms with van der Waals surface area (Å²) in [5, 5.41) is 14.5. The van der Waals surface area contributed by atoms with Crippen LogP contribution in [0.25, 0.3) is 10.9 Å². The molecule has 1 aliphatic rings. The number of anilines is 3. The molecule has 4 rings (SSSR count). The Balaban J connectivity index is 1.61. The average Bonchev–Trinajstić information content (AvgIpc) is 3.60. The predicted molar refractivity (Wildman–Crippen MR) is 145 cm³/mol. The van der Waals surface area contributed by atoms with E-state index in [1.54, 1.807) is 27.0 Å². The molecule has 0 saturated heterocycles. The minimum atomic E-state index is -0.804. The molecule has 3 aromatic rings. The highest BCUT2D eigenvalue weighted by atomic mass is 19.1. The quantitative estimate of drug-likeness (QED) is 0.295. The van der Waals surface area contributed by atoms with Gasteiger partial charge in [0.2, 0.25) is 0 Å². The number of amides is 2. The molecule has 0 spiro atoms. The van der Waals surface area contributed by atoms with E-state index in [4.69, 9.17) is 10.5 Å². The number of aromatic nitrogens is 3. The fourth-order valence-electron chi connectivity index (χ4n) is 4.49. The van der Waals surface area contributed by atoms with Crippen LogP contribution >= 0.6 is 0 Å². The van der Waals surface area contributed by atoms with Gasteiger partial charge in [-0.15, -0.1) is 0 Å². The van der Waals surface area contributed by atoms with Crippen molar-refractivity contribution in [3.05, 3.63) is 41.8 Å². The average molecular weight is 526 g/mol. The molecule has 1 aliphatic carbocycles. The summed E-state index contributed by atoms with van der Waals surface area (Å²) in [5.74, 6) is -1.17. The van der Waals surface area contributed by atoms with E-state index in [0.29, 0.717) is 12.1 Å². The minimum absolute atomic E-state index is 0.0290. The Morgan fingerprint density at radius 2 is 1.95 bits per heavy atom. The number of rotatable bonds is 10. The maximum absolute atomic E-state index is 15.2. The van der Waals surface area contributed by atoms with Gasteiger partial charge in [0.25, 0.3) is 5.91 Å². The smallest absolute Gasteiger partial charge is 0.407 e. The van der Waals surface area contributed by atoms with E-state index in [-0.39, 0.29) is 35.2 Å². The maximum atomic E-state index is 15.2. The van der Waals surface area contributed by atoms with Crippen LogP contribution < -0.4 is 21.7 Å². The van der Waals surface area contributed by atoms with Crippen molar-refractivity contribution >= 4 is 40.2 Å². The number of carbonyl (C=O) groups excluding carboxylic acids is 2. The van der Waals surface area contributed by atoms with Gasteiger partial charge in [0.05, 0.1) is 29.4 Å². The molecule has 0 radical (unpaired) electrons. The lowest BCUT2D eigenvalue weighted by molar-refractivity contribution is 0.0495. The molecule has 0 aliphatic heterocycles. The van der Waals surface area contributed by atoms with Gasteiger partial charge in [0, 0.05) is 17.6 Å². The van der Waals surface area contributed by atoms with E-state index in [1.807, 2.05) is 36.7 Å².